The van der Waals surface area contributed by atoms with Crippen LogP contribution in [0.2, 0.25) is 0 Å². The van der Waals surface area contributed by atoms with Crippen molar-refractivity contribution in [3.63, 3.8) is 0 Å². The van der Waals surface area contributed by atoms with Gasteiger partial charge in [0, 0.05) is 23.5 Å². The van der Waals surface area contributed by atoms with Crippen LogP contribution in [0.15, 0.2) is 48.8 Å². The number of benzene rings is 1. The van der Waals surface area contributed by atoms with E-state index in [0.717, 1.165) is 28.2 Å². The van der Waals surface area contributed by atoms with Crippen LogP contribution in [0.5, 0.6) is 5.75 Å². The number of nitrogens with zero attached hydrogens (tertiary/aromatic N) is 2. The van der Waals surface area contributed by atoms with Crippen molar-refractivity contribution in [1.82, 2.24) is 9.38 Å². The molecule has 0 amide bonds. The summed E-state index contributed by atoms with van der Waals surface area (Å²) >= 11 is 0. The first-order valence-electron chi connectivity index (χ1n) is 6.04. The number of imidazole rings is 1. The third-order valence-electron chi connectivity index (χ3n) is 3.12. The number of ether oxygens (including phenoxy) is 1. The fourth-order valence-electron chi connectivity index (χ4n) is 2.18. The van der Waals surface area contributed by atoms with Crippen molar-refractivity contribution in [2.24, 2.45) is 0 Å². The third kappa shape index (κ3) is 1.96. The Morgan fingerprint density at radius 1 is 1.21 bits per heavy atom. The molecule has 0 saturated carbocycles. The molecule has 1 aromatic carbocycles. The summed E-state index contributed by atoms with van der Waals surface area (Å²) in [4.78, 5) is 4.59. The largest absolute Gasteiger partial charge is 0.496 e. The van der Waals surface area contributed by atoms with Crippen molar-refractivity contribution in [2.75, 3.05) is 7.11 Å². The van der Waals surface area contributed by atoms with E-state index in [4.69, 9.17) is 4.74 Å². The molecule has 0 spiro atoms. The van der Waals surface area contributed by atoms with Crippen LogP contribution < -0.4 is 4.74 Å². The topological polar surface area (TPSA) is 46.8 Å². The number of hydrogen-bond donors (Lipinski definition) is 1. The van der Waals surface area contributed by atoms with Gasteiger partial charge >= 0.3 is 0 Å². The van der Waals surface area contributed by atoms with E-state index in [9.17, 15) is 5.11 Å². The lowest BCUT2D eigenvalue weighted by Crippen LogP contribution is -1.90. The van der Waals surface area contributed by atoms with Crippen molar-refractivity contribution in [1.29, 1.82) is 0 Å². The van der Waals surface area contributed by atoms with Gasteiger partial charge in [-0.05, 0) is 18.2 Å². The highest BCUT2D eigenvalue weighted by Crippen LogP contribution is 2.29. The lowest BCUT2D eigenvalue weighted by atomic mass is 10.1. The molecule has 0 aliphatic rings. The Balaban J connectivity index is 2.21. The molecule has 19 heavy (non-hydrogen) atoms. The number of aliphatic hydroxyl groups is 1. The summed E-state index contributed by atoms with van der Waals surface area (Å²) in [6, 6.07) is 11.5. The predicted molar refractivity (Wildman–Crippen MR) is 73.1 cm³/mol. The number of methoxy groups -OCH3 is 1. The lowest BCUT2D eigenvalue weighted by Gasteiger charge is -2.04. The van der Waals surface area contributed by atoms with Crippen LogP contribution in [0.3, 0.4) is 0 Å². The molecule has 0 fully saturated rings. The van der Waals surface area contributed by atoms with E-state index in [0.29, 0.717) is 0 Å². The number of rotatable bonds is 3. The van der Waals surface area contributed by atoms with Gasteiger partial charge in [0.15, 0.2) is 0 Å². The minimum atomic E-state index is -0.0211. The second kappa shape index (κ2) is 4.74. The second-order valence-electron chi connectivity index (χ2n) is 4.25. The van der Waals surface area contributed by atoms with Crippen LogP contribution in [0.1, 0.15) is 5.56 Å². The smallest absolute Gasteiger partial charge is 0.142 e. The third-order valence-corrected chi connectivity index (χ3v) is 3.12. The second-order valence-corrected chi connectivity index (χ2v) is 4.25. The minimum Gasteiger partial charge on any atom is -0.496 e. The molecule has 0 unspecified atom stereocenters. The molecule has 3 rings (SSSR count). The van der Waals surface area contributed by atoms with E-state index >= 15 is 0 Å². The zero-order valence-electron chi connectivity index (χ0n) is 10.6. The van der Waals surface area contributed by atoms with Crippen LogP contribution in [-0.4, -0.2) is 21.6 Å². The Labute approximate surface area is 110 Å². The minimum absolute atomic E-state index is 0.0211. The number of hydrogen-bond acceptors (Lipinski definition) is 3. The van der Waals surface area contributed by atoms with Crippen LogP contribution >= 0.6 is 0 Å². The Hall–Kier alpha value is -2.33. The number of pyridine rings is 1. The standard InChI is InChI=1S/C15H14N2O2/c1-19-14-7-3-2-6-12(14)13-9-17-8-4-5-11(10-18)15(17)16-13/h2-9,18H,10H2,1H3. The summed E-state index contributed by atoms with van der Waals surface area (Å²) < 4.78 is 7.26. The first kappa shape index (κ1) is 11.7. The van der Waals surface area contributed by atoms with Crippen molar-refractivity contribution in [3.05, 3.63) is 54.4 Å². The lowest BCUT2D eigenvalue weighted by molar-refractivity contribution is 0.282. The van der Waals surface area contributed by atoms with Crippen LogP contribution in [0.25, 0.3) is 16.9 Å². The highest BCUT2D eigenvalue weighted by atomic mass is 16.5. The molecular weight excluding hydrogens is 240 g/mol. The SMILES string of the molecule is COc1ccccc1-c1cn2cccc(CO)c2n1. The van der Waals surface area contributed by atoms with Gasteiger partial charge in [-0.2, -0.15) is 0 Å². The molecule has 2 heterocycles. The number of aliphatic hydroxyl groups excluding tert-OH is 1. The van der Waals surface area contributed by atoms with Gasteiger partial charge in [0.2, 0.25) is 0 Å². The van der Waals surface area contributed by atoms with E-state index in [1.807, 2.05) is 53.2 Å². The summed E-state index contributed by atoms with van der Waals surface area (Å²) in [6.45, 7) is -0.0211. The van der Waals surface area contributed by atoms with Gasteiger partial charge in [0.25, 0.3) is 0 Å². The van der Waals surface area contributed by atoms with E-state index in [1.165, 1.54) is 0 Å². The molecular formula is C15H14N2O2. The van der Waals surface area contributed by atoms with E-state index < -0.39 is 0 Å². The molecule has 0 radical (unpaired) electrons. The van der Waals surface area contributed by atoms with Crippen molar-refractivity contribution < 1.29 is 9.84 Å². The van der Waals surface area contributed by atoms with Crippen LogP contribution in [0, 0.1) is 0 Å². The Morgan fingerprint density at radius 3 is 2.84 bits per heavy atom. The number of aromatic nitrogens is 2. The summed E-state index contributed by atoms with van der Waals surface area (Å²) in [7, 11) is 1.65. The highest BCUT2D eigenvalue weighted by molar-refractivity contribution is 5.69. The molecule has 0 atom stereocenters. The summed E-state index contributed by atoms with van der Waals surface area (Å²) in [6.07, 6.45) is 3.85. The predicted octanol–water partition coefficient (Wildman–Crippen LogP) is 2.50. The van der Waals surface area contributed by atoms with Gasteiger partial charge in [0.1, 0.15) is 11.4 Å². The maximum atomic E-state index is 9.34. The molecule has 2 aromatic heterocycles. The maximum absolute atomic E-state index is 9.34. The van der Waals surface area contributed by atoms with Crippen molar-refractivity contribution in [3.8, 4) is 17.0 Å². The van der Waals surface area contributed by atoms with Crippen LogP contribution in [-0.2, 0) is 6.61 Å². The normalized spacial score (nSPS) is 10.8. The summed E-state index contributed by atoms with van der Waals surface area (Å²) in [5, 5.41) is 9.34. The molecule has 3 aromatic rings. The highest BCUT2D eigenvalue weighted by Gasteiger charge is 2.10. The zero-order valence-corrected chi connectivity index (χ0v) is 10.6. The summed E-state index contributed by atoms with van der Waals surface area (Å²) in [5.74, 6) is 0.788. The first-order chi connectivity index (χ1) is 9.33. The zero-order chi connectivity index (χ0) is 13.2. The molecule has 0 saturated heterocycles. The monoisotopic (exact) mass is 254 g/mol. The van der Waals surface area contributed by atoms with E-state index in [-0.39, 0.29) is 6.61 Å². The van der Waals surface area contributed by atoms with Gasteiger partial charge in [0.05, 0.1) is 19.4 Å². The van der Waals surface area contributed by atoms with Gasteiger partial charge in [-0.1, -0.05) is 18.2 Å². The van der Waals surface area contributed by atoms with E-state index in [1.54, 1.807) is 7.11 Å². The summed E-state index contributed by atoms with van der Waals surface area (Å²) in [5.41, 5.74) is 3.35. The Bertz CT molecular complexity index is 719. The quantitative estimate of drug-likeness (QED) is 0.781. The average Bonchev–Trinajstić information content (AvgIpc) is 2.90. The molecule has 0 aliphatic heterocycles. The number of para-hydroxylation sites is 1. The molecule has 4 nitrogen and oxygen atoms in total. The first-order valence-corrected chi connectivity index (χ1v) is 6.04. The van der Waals surface area contributed by atoms with E-state index in [2.05, 4.69) is 4.98 Å². The van der Waals surface area contributed by atoms with Gasteiger partial charge in [-0.3, -0.25) is 0 Å². The van der Waals surface area contributed by atoms with Crippen LogP contribution in [0.4, 0.5) is 0 Å². The molecule has 0 bridgehead atoms. The molecule has 1 N–H and O–H groups in total. The number of fused-ring (bicyclic) bond motifs is 1. The Morgan fingerprint density at radius 2 is 2.05 bits per heavy atom. The molecule has 4 heteroatoms. The molecule has 0 aliphatic carbocycles. The van der Waals surface area contributed by atoms with Gasteiger partial charge in [-0.25, -0.2) is 4.98 Å². The average molecular weight is 254 g/mol. The van der Waals surface area contributed by atoms with Gasteiger partial charge in [-0.15, -0.1) is 0 Å². The Kier molecular flexibility index (Phi) is 2.93. The fraction of sp³-hybridized carbons (Fsp3) is 0.133. The van der Waals surface area contributed by atoms with Crippen molar-refractivity contribution >= 4 is 5.65 Å². The fourth-order valence-corrected chi connectivity index (χ4v) is 2.18. The molecule has 96 valence electrons. The van der Waals surface area contributed by atoms with Crippen molar-refractivity contribution in [2.45, 2.75) is 6.61 Å². The maximum Gasteiger partial charge on any atom is 0.142 e. The van der Waals surface area contributed by atoms with Gasteiger partial charge < -0.3 is 14.2 Å².